The molecule has 2 aromatic heterocycles. The van der Waals surface area contributed by atoms with E-state index in [1.807, 2.05) is 41.3 Å². The Morgan fingerprint density at radius 3 is 2.53 bits per heavy atom. The van der Waals surface area contributed by atoms with E-state index in [9.17, 15) is 9.59 Å². The van der Waals surface area contributed by atoms with Crippen molar-refractivity contribution in [3.05, 3.63) is 65.0 Å². The number of ketones is 1. The summed E-state index contributed by atoms with van der Waals surface area (Å²) in [5.74, 6) is 1.37. The van der Waals surface area contributed by atoms with Crippen LogP contribution in [0.15, 0.2) is 54.6 Å². The minimum absolute atomic E-state index is 0.0302. The second-order valence-corrected chi connectivity index (χ2v) is 10.6. The molecule has 0 saturated carbocycles. The number of rotatable bonds is 4. The zero-order valence-corrected chi connectivity index (χ0v) is 20.0. The van der Waals surface area contributed by atoms with Gasteiger partial charge < -0.3 is 14.4 Å². The second kappa shape index (κ2) is 8.85. The van der Waals surface area contributed by atoms with Gasteiger partial charge in [-0.15, -0.1) is 22.7 Å². The number of hydrogen-bond acceptors (Lipinski definition) is 7. The Balaban J connectivity index is 1.11. The monoisotopic (exact) mass is 490 g/mol. The van der Waals surface area contributed by atoms with E-state index < -0.39 is 0 Å². The highest BCUT2D eigenvalue weighted by atomic mass is 32.1. The molecule has 0 atom stereocenters. The van der Waals surface area contributed by atoms with E-state index in [4.69, 9.17) is 14.5 Å². The Labute approximate surface area is 204 Å². The van der Waals surface area contributed by atoms with Crippen molar-refractivity contribution in [3.8, 4) is 21.4 Å². The molecule has 34 heavy (non-hydrogen) atoms. The van der Waals surface area contributed by atoms with E-state index >= 15 is 0 Å². The molecular weight excluding hydrogens is 468 g/mol. The van der Waals surface area contributed by atoms with E-state index in [0.717, 1.165) is 20.1 Å². The molecule has 0 spiro atoms. The van der Waals surface area contributed by atoms with Crippen LogP contribution in [0.25, 0.3) is 20.1 Å². The third kappa shape index (κ3) is 3.97. The van der Waals surface area contributed by atoms with Crippen molar-refractivity contribution in [2.45, 2.75) is 12.8 Å². The van der Waals surface area contributed by atoms with Gasteiger partial charge in [-0.3, -0.25) is 9.59 Å². The predicted molar refractivity (Wildman–Crippen MR) is 133 cm³/mol. The Morgan fingerprint density at radius 2 is 1.71 bits per heavy atom. The Bertz CT molecular complexity index is 1350. The van der Waals surface area contributed by atoms with Gasteiger partial charge in [-0.2, -0.15) is 0 Å². The highest BCUT2D eigenvalue weighted by molar-refractivity contribution is 7.26. The zero-order valence-electron chi connectivity index (χ0n) is 18.4. The summed E-state index contributed by atoms with van der Waals surface area (Å²) in [6.45, 7) is 2.18. The van der Waals surface area contributed by atoms with Crippen molar-refractivity contribution in [2.24, 2.45) is 5.92 Å². The van der Waals surface area contributed by atoms with Gasteiger partial charge in [0.15, 0.2) is 17.3 Å². The minimum Gasteiger partial charge on any atom is -0.486 e. The van der Waals surface area contributed by atoms with Crippen molar-refractivity contribution in [1.29, 1.82) is 0 Å². The van der Waals surface area contributed by atoms with E-state index in [1.165, 1.54) is 11.3 Å². The van der Waals surface area contributed by atoms with Crippen LogP contribution in [-0.2, 0) is 0 Å². The normalized spacial score (nSPS) is 16.1. The zero-order chi connectivity index (χ0) is 23.1. The largest absolute Gasteiger partial charge is 0.486 e. The van der Waals surface area contributed by atoms with Gasteiger partial charge in [0.1, 0.15) is 18.2 Å². The third-order valence-electron chi connectivity index (χ3n) is 6.30. The van der Waals surface area contributed by atoms with Gasteiger partial charge in [-0.1, -0.05) is 12.1 Å². The average Bonchev–Trinajstić information content (AvgIpc) is 3.55. The van der Waals surface area contributed by atoms with Crippen LogP contribution >= 0.6 is 22.7 Å². The summed E-state index contributed by atoms with van der Waals surface area (Å²) < 4.78 is 12.3. The molecule has 0 aliphatic carbocycles. The van der Waals surface area contributed by atoms with Crippen LogP contribution in [0.3, 0.4) is 0 Å². The topological polar surface area (TPSA) is 68.7 Å². The molecule has 6 rings (SSSR count). The number of aromatic nitrogens is 1. The summed E-state index contributed by atoms with van der Waals surface area (Å²) in [7, 11) is 0. The number of thiazole rings is 1. The quantitative estimate of drug-likeness (QED) is 0.352. The first-order chi connectivity index (χ1) is 16.7. The van der Waals surface area contributed by atoms with Gasteiger partial charge in [-0.05, 0) is 55.3 Å². The van der Waals surface area contributed by atoms with Crippen LogP contribution in [0.5, 0.6) is 11.5 Å². The molecule has 0 radical (unpaired) electrons. The van der Waals surface area contributed by atoms with E-state index in [2.05, 4.69) is 6.07 Å². The number of ether oxygens (including phenoxy) is 2. The highest BCUT2D eigenvalue weighted by Crippen LogP contribution is 2.36. The predicted octanol–water partition coefficient (Wildman–Crippen LogP) is 5.53. The number of hydrogen-bond donors (Lipinski definition) is 0. The molecule has 4 aromatic rings. The molecule has 1 saturated heterocycles. The number of piperidine rings is 1. The van der Waals surface area contributed by atoms with Crippen molar-refractivity contribution in [3.63, 3.8) is 0 Å². The molecule has 2 aliphatic rings. The van der Waals surface area contributed by atoms with Gasteiger partial charge in [-0.25, -0.2) is 4.98 Å². The van der Waals surface area contributed by atoms with Crippen LogP contribution in [-0.4, -0.2) is 47.9 Å². The first-order valence-corrected chi connectivity index (χ1v) is 13.0. The van der Waals surface area contributed by atoms with Crippen LogP contribution < -0.4 is 9.47 Å². The summed E-state index contributed by atoms with van der Waals surface area (Å²) in [6, 6.07) is 17.3. The molecule has 6 nitrogen and oxygen atoms in total. The maximum atomic E-state index is 13.1. The average molecular weight is 491 g/mol. The molecule has 2 aromatic carbocycles. The Hall–Kier alpha value is -3.23. The molecule has 0 N–H and O–H groups in total. The molecule has 1 amide bonds. The highest BCUT2D eigenvalue weighted by Gasteiger charge is 2.30. The molecule has 0 bridgehead atoms. The van der Waals surface area contributed by atoms with Crippen LogP contribution in [0.1, 0.15) is 32.9 Å². The van der Waals surface area contributed by atoms with Gasteiger partial charge in [0.25, 0.3) is 5.91 Å². The summed E-state index contributed by atoms with van der Waals surface area (Å²) in [5, 5.41) is 0.939. The fourth-order valence-electron chi connectivity index (χ4n) is 4.48. The number of carbonyl (C=O) groups is 2. The van der Waals surface area contributed by atoms with Crippen molar-refractivity contribution in [2.75, 3.05) is 26.3 Å². The first-order valence-electron chi connectivity index (χ1n) is 11.3. The lowest BCUT2D eigenvalue weighted by atomic mass is 9.88. The van der Waals surface area contributed by atoms with Gasteiger partial charge >= 0.3 is 0 Å². The molecule has 172 valence electrons. The number of likely N-dealkylation sites (tertiary alicyclic amines) is 1. The van der Waals surface area contributed by atoms with E-state index in [-0.39, 0.29) is 17.6 Å². The number of thiophene rings is 1. The molecule has 4 heterocycles. The van der Waals surface area contributed by atoms with Crippen molar-refractivity contribution >= 4 is 44.6 Å². The molecule has 0 unspecified atom stereocenters. The number of amides is 1. The molecular formula is C26H22N2O4S2. The number of nitrogens with zero attached hydrogens (tertiary/aromatic N) is 2. The number of Topliss-reactive ketones (excluding diaryl/α,β-unsaturated/α-hetero) is 1. The molecule has 8 heteroatoms. The Kier molecular flexibility index (Phi) is 5.55. The Morgan fingerprint density at radius 1 is 0.912 bits per heavy atom. The van der Waals surface area contributed by atoms with Crippen molar-refractivity contribution in [1.82, 2.24) is 9.88 Å². The maximum absolute atomic E-state index is 13.1. The lowest BCUT2D eigenvalue weighted by molar-refractivity contribution is 0.0654. The fourth-order valence-corrected chi connectivity index (χ4v) is 6.47. The number of fused-ring (bicyclic) bond motifs is 2. The molecule has 2 aliphatic heterocycles. The second-order valence-electron chi connectivity index (χ2n) is 8.44. The fraction of sp³-hybridized carbons (Fsp3) is 0.269. The minimum atomic E-state index is -0.0896. The molecule has 1 fully saturated rings. The smallest absolute Gasteiger partial charge is 0.263 e. The van der Waals surface area contributed by atoms with Crippen LogP contribution in [0.4, 0.5) is 0 Å². The van der Waals surface area contributed by atoms with Crippen LogP contribution in [0, 0.1) is 5.92 Å². The van der Waals surface area contributed by atoms with Crippen LogP contribution in [0.2, 0.25) is 0 Å². The van der Waals surface area contributed by atoms with Gasteiger partial charge in [0.2, 0.25) is 0 Å². The number of para-hydroxylation sites is 1. The summed E-state index contributed by atoms with van der Waals surface area (Å²) >= 11 is 3.13. The lowest BCUT2D eigenvalue weighted by Crippen LogP contribution is -2.40. The summed E-state index contributed by atoms with van der Waals surface area (Å²) in [6.07, 6.45) is 1.32. The van der Waals surface area contributed by atoms with E-state index in [1.54, 1.807) is 23.5 Å². The summed E-state index contributed by atoms with van der Waals surface area (Å²) in [5.41, 5.74) is 1.63. The van der Waals surface area contributed by atoms with Crippen molar-refractivity contribution < 1.29 is 19.1 Å². The third-order valence-corrected chi connectivity index (χ3v) is 8.58. The van der Waals surface area contributed by atoms with E-state index in [0.29, 0.717) is 61.1 Å². The maximum Gasteiger partial charge on any atom is 0.263 e. The van der Waals surface area contributed by atoms with Gasteiger partial charge in [0.05, 0.1) is 20.0 Å². The number of benzene rings is 2. The number of carbonyl (C=O) groups excluding carboxylic acids is 2. The lowest BCUT2D eigenvalue weighted by Gasteiger charge is -2.31. The summed E-state index contributed by atoms with van der Waals surface area (Å²) in [4.78, 5) is 34.5. The first kappa shape index (κ1) is 21.3. The SMILES string of the molecule is O=C(c1ccc2c(c1)OCCO2)C1CCN(C(=O)c2ccc(-c3nc4ccccc4s3)s2)CC1. The van der Waals surface area contributed by atoms with Gasteiger partial charge in [0, 0.05) is 24.6 Å². The standard InChI is InChI=1S/C26H22N2O4S2/c29-24(17-5-6-19-20(15-17)32-14-13-31-19)16-9-11-28(12-10-16)26(30)23-8-7-22(33-23)25-27-18-3-1-2-4-21(18)34-25/h1-8,15-16H,9-14H2.